The van der Waals surface area contributed by atoms with Crippen LogP contribution in [-0.4, -0.2) is 29.7 Å². The number of nitrogens with zero attached hydrogens (tertiary/aromatic N) is 6. The summed E-state index contributed by atoms with van der Waals surface area (Å²) in [5.41, 5.74) is 14.3. The van der Waals surface area contributed by atoms with Gasteiger partial charge in [-0.1, -0.05) is 30.3 Å². The van der Waals surface area contributed by atoms with E-state index in [9.17, 15) is 0 Å². The van der Waals surface area contributed by atoms with Gasteiger partial charge in [-0.15, -0.1) is 5.10 Å². The highest BCUT2D eigenvalue weighted by atomic mass is 15.3. The maximum Gasteiger partial charge on any atom is 0.221 e. The molecular formula is C22H20N10. The number of hydrogen-bond acceptors (Lipinski definition) is 9. The number of nitrogens with one attached hydrogen (secondary N) is 2. The molecule has 0 amide bonds. The summed E-state index contributed by atoms with van der Waals surface area (Å²) in [6.45, 7) is 0.624. The summed E-state index contributed by atoms with van der Waals surface area (Å²) in [5.74, 6) is 2.29. The van der Waals surface area contributed by atoms with E-state index in [2.05, 4.69) is 42.7 Å². The van der Waals surface area contributed by atoms with Gasteiger partial charge in [-0.05, 0) is 29.8 Å². The molecule has 3 heterocycles. The SMILES string of the molecule is Nc1nccc(Nc2ccc3c(c2)c(NCc2ccccc2)nn3-c2ccnc(N)n2)n1. The number of nitrogen functional groups attached to an aromatic ring is 2. The first kappa shape index (κ1) is 19.2. The van der Waals surface area contributed by atoms with E-state index in [4.69, 9.17) is 16.6 Å². The van der Waals surface area contributed by atoms with Crippen LogP contribution in [0.25, 0.3) is 16.7 Å². The predicted molar refractivity (Wildman–Crippen MR) is 125 cm³/mol. The van der Waals surface area contributed by atoms with Crippen molar-refractivity contribution in [1.29, 1.82) is 0 Å². The summed E-state index contributed by atoms with van der Waals surface area (Å²) < 4.78 is 1.74. The van der Waals surface area contributed by atoms with E-state index in [1.54, 1.807) is 29.2 Å². The molecule has 6 N–H and O–H groups in total. The molecule has 0 aliphatic rings. The molecule has 10 heteroatoms. The number of hydrogen-bond donors (Lipinski definition) is 4. The highest BCUT2D eigenvalue weighted by Crippen LogP contribution is 2.29. The summed E-state index contributed by atoms with van der Waals surface area (Å²) >= 11 is 0. The first-order valence-electron chi connectivity index (χ1n) is 9.91. The fraction of sp³-hybridized carbons (Fsp3) is 0.0455. The minimum Gasteiger partial charge on any atom is -0.368 e. The summed E-state index contributed by atoms with van der Waals surface area (Å²) in [7, 11) is 0. The molecule has 3 aromatic heterocycles. The molecule has 0 aliphatic carbocycles. The van der Waals surface area contributed by atoms with Gasteiger partial charge in [0.25, 0.3) is 0 Å². The van der Waals surface area contributed by atoms with Crippen molar-refractivity contribution in [1.82, 2.24) is 29.7 Å². The van der Waals surface area contributed by atoms with Gasteiger partial charge in [0.2, 0.25) is 11.9 Å². The summed E-state index contributed by atoms with van der Waals surface area (Å²) in [4.78, 5) is 16.4. The highest BCUT2D eigenvalue weighted by Gasteiger charge is 2.14. The molecule has 0 aliphatic heterocycles. The van der Waals surface area contributed by atoms with Crippen molar-refractivity contribution in [2.45, 2.75) is 6.54 Å². The molecular weight excluding hydrogens is 404 g/mol. The number of aromatic nitrogens is 6. The standard InChI is InChI=1S/C22H20N10/c23-21-25-10-8-18(29-21)28-15-6-7-17-16(12-15)20(27-13-14-4-2-1-3-5-14)31-32(17)19-9-11-26-22(24)30-19/h1-12H,13H2,(H,27,31)(H2,24,26,30)(H3,23,25,28,29). The minimum absolute atomic E-state index is 0.185. The highest BCUT2D eigenvalue weighted by molar-refractivity contribution is 5.94. The molecule has 0 unspecified atom stereocenters. The Kier molecular flexibility index (Phi) is 4.92. The van der Waals surface area contributed by atoms with Crippen LogP contribution in [0.3, 0.4) is 0 Å². The largest absolute Gasteiger partial charge is 0.368 e. The van der Waals surface area contributed by atoms with Gasteiger partial charge in [0, 0.05) is 36.1 Å². The zero-order valence-electron chi connectivity index (χ0n) is 17.0. The molecule has 5 rings (SSSR count). The lowest BCUT2D eigenvalue weighted by Gasteiger charge is -2.07. The smallest absolute Gasteiger partial charge is 0.221 e. The summed E-state index contributed by atoms with van der Waals surface area (Å²) in [6.07, 6.45) is 3.21. The van der Waals surface area contributed by atoms with Crippen LogP contribution in [0.5, 0.6) is 0 Å². The van der Waals surface area contributed by atoms with Crippen LogP contribution in [0.4, 0.5) is 29.2 Å². The van der Waals surface area contributed by atoms with Crippen molar-refractivity contribution in [3.05, 3.63) is 78.6 Å². The third-order valence-corrected chi connectivity index (χ3v) is 4.81. The molecule has 0 atom stereocenters. The van der Waals surface area contributed by atoms with Crippen LogP contribution < -0.4 is 22.1 Å². The van der Waals surface area contributed by atoms with Crippen LogP contribution in [0, 0.1) is 0 Å². The number of benzene rings is 2. The zero-order chi connectivity index (χ0) is 21.9. The van der Waals surface area contributed by atoms with Gasteiger partial charge >= 0.3 is 0 Å². The maximum absolute atomic E-state index is 5.79. The Hall–Kier alpha value is -4.73. The molecule has 0 spiro atoms. The van der Waals surface area contributed by atoms with Crippen LogP contribution >= 0.6 is 0 Å². The molecule has 0 saturated carbocycles. The normalized spacial score (nSPS) is 10.9. The second-order valence-corrected chi connectivity index (χ2v) is 7.03. The van der Waals surface area contributed by atoms with Gasteiger partial charge in [0.15, 0.2) is 11.6 Å². The third kappa shape index (κ3) is 3.97. The molecule has 0 fully saturated rings. The fourth-order valence-corrected chi connectivity index (χ4v) is 3.36. The second kappa shape index (κ2) is 8.19. The minimum atomic E-state index is 0.185. The lowest BCUT2D eigenvalue weighted by atomic mass is 10.2. The Bertz CT molecular complexity index is 1380. The summed E-state index contributed by atoms with van der Waals surface area (Å²) in [5, 5.41) is 12.4. The van der Waals surface area contributed by atoms with Gasteiger partial charge in [-0.25, -0.2) is 14.6 Å². The van der Waals surface area contributed by atoms with Gasteiger partial charge in [0.1, 0.15) is 5.82 Å². The van der Waals surface area contributed by atoms with E-state index >= 15 is 0 Å². The molecule has 2 aromatic carbocycles. The Labute approximate surface area is 183 Å². The predicted octanol–water partition coefficient (Wildman–Crippen LogP) is 3.13. The van der Waals surface area contributed by atoms with Crippen LogP contribution in [0.15, 0.2) is 73.1 Å². The average molecular weight is 424 g/mol. The van der Waals surface area contributed by atoms with E-state index in [1.165, 1.54) is 0 Å². The third-order valence-electron chi connectivity index (χ3n) is 4.81. The number of rotatable bonds is 6. The number of anilines is 5. The van der Waals surface area contributed by atoms with Crippen LogP contribution in [0.1, 0.15) is 5.56 Å². The molecule has 0 radical (unpaired) electrons. The topological polar surface area (TPSA) is 145 Å². The first-order valence-corrected chi connectivity index (χ1v) is 9.91. The number of fused-ring (bicyclic) bond motifs is 1. The van der Waals surface area contributed by atoms with Gasteiger partial charge in [-0.3, -0.25) is 0 Å². The van der Waals surface area contributed by atoms with Crippen molar-refractivity contribution < 1.29 is 0 Å². The molecule has 0 saturated heterocycles. The number of nitrogens with two attached hydrogens (primary N) is 2. The molecule has 0 bridgehead atoms. The van der Waals surface area contributed by atoms with E-state index in [1.807, 2.05) is 36.4 Å². The van der Waals surface area contributed by atoms with Crippen molar-refractivity contribution in [3.8, 4) is 5.82 Å². The van der Waals surface area contributed by atoms with Gasteiger partial charge < -0.3 is 22.1 Å². The van der Waals surface area contributed by atoms with E-state index in [0.29, 0.717) is 24.0 Å². The summed E-state index contributed by atoms with van der Waals surface area (Å²) in [6, 6.07) is 19.5. The Morgan fingerprint density at radius 3 is 2.41 bits per heavy atom. The second-order valence-electron chi connectivity index (χ2n) is 7.03. The average Bonchev–Trinajstić information content (AvgIpc) is 3.16. The lowest BCUT2D eigenvalue weighted by Crippen LogP contribution is -2.05. The van der Waals surface area contributed by atoms with Crippen molar-refractivity contribution in [2.24, 2.45) is 0 Å². The van der Waals surface area contributed by atoms with Crippen LogP contribution in [-0.2, 0) is 6.54 Å². The van der Waals surface area contributed by atoms with Gasteiger partial charge in [-0.2, -0.15) is 9.97 Å². The van der Waals surface area contributed by atoms with Crippen molar-refractivity contribution in [3.63, 3.8) is 0 Å². The fourth-order valence-electron chi connectivity index (χ4n) is 3.36. The molecule has 158 valence electrons. The van der Waals surface area contributed by atoms with Crippen molar-refractivity contribution >= 4 is 40.1 Å². The maximum atomic E-state index is 5.79. The first-order chi connectivity index (χ1) is 15.7. The zero-order valence-corrected chi connectivity index (χ0v) is 17.0. The van der Waals surface area contributed by atoms with Gasteiger partial charge in [0.05, 0.1) is 5.52 Å². The monoisotopic (exact) mass is 424 g/mol. The Balaban J connectivity index is 1.55. The Morgan fingerprint density at radius 1 is 0.844 bits per heavy atom. The van der Waals surface area contributed by atoms with Crippen molar-refractivity contribution in [2.75, 3.05) is 22.1 Å². The lowest BCUT2D eigenvalue weighted by molar-refractivity contribution is 0.867. The Morgan fingerprint density at radius 2 is 1.62 bits per heavy atom. The van der Waals surface area contributed by atoms with E-state index in [0.717, 1.165) is 22.2 Å². The molecule has 32 heavy (non-hydrogen) atoms. The van der Waals surface area contributed by atoms with E-state index < -0.39 is 0 Å². The van der Waals surface area contributed by atoms with Crippen LogP contribution in [0.2, 0.25) is 0 Å². The quantitative estimate of drug-likeness (QED) is 0.323. The molecule has 5 aromatic rings. The van der Waals surface area contributed by atoms with E-state index in [-0.39, 0.29) is 11.9 Å². The molecule has 10 nitrogen and oxygen atoms in total.